The fourth-order valence-corrected chi connectivity index (χ4v) is 4.32. The third-order valence-electron chi connectivity index (χ3n) is 5.54. The van der Waals surface area contributed by atoms with Crippen LogP contribution in [0, 0.1) is 0 Å². The number of carbonyl (C=O) groups is 3. The maximum Gasteiger partial charge on any atom is 0.365 e. The summed E-state index contributed by atoms with van der Waals surface area (Å²) in [4.78, 5) is 44.4. The molecule has 198 valence electrons. The summed E-state index contributed by atoms with van der Waals surface area (Å²) in [5.74, 6) is -1.37. The number of ketones is 1. The smallest absolute Gasteiger partial charge is 0.365 e. The first-order valence-corrected chi connectivity index (χ1v) is 13.4. The number of oxime groups is 1. The normalized spacial score (nSPS) is 11.2. The highest BCUT2D eigenvalue weighted by molar-refractivity contribution is 7.99. The number of nitrogens with zero attached hydrogens (tertiary/aromatic N) is 1. The molecule has 0 aromatic heterocycles. The van der Waals surface area contributed by atoms with E-state index in [-0.39, 0.29) is 24.7 Å². The van der Waals surface area contributed by atoms with E-state index in [1.807, 2.05) is 12.1 Å². The Hall–Kier alpha value is -3.75. The van der Waals surface area contributed by atoms with Gasteiger partial charge in [0.2, 0.25) is 5.78 Å². The van der Waals surface area contributed by atoms with E-state index < -0.39 is 11.9 Å². The summed E-state index contributed by atoms with van der Waals surface area (Å²) in [6.07, 6.45) is 4.29. The average Bonchev–Trinajstić information content (AvgIpc) is 2.96. The van der Waals surface area contributed by atoms with Crippen LogP contribution < -0.4 is 0 Å². The molecule has 0 spiro atoms. The molecule has 0 aliphatic carbocycles. The number of rotatable bonds is 14. The minimum atomic E-state index is -0.608. The number of ether oxygens (including phenoxy) is 1. The summed E-state index contributed by atoms with van der Waals surface area (Å²) >= 11 is 1.48. The highest BCUT2D eigenvalue weighted by Gasteiger charge is 2.17. The van der Waals surface area contributed by atoms with Gasteiger partial charge in [-0.05, 0) is 73.5 Å². The van der Waals surface area contributed by atoms with Crippen LogP contribution in [-0.4, -0.2) is 41.8 Å². The first kappa shape index (κ1) is 28.8. The molecule has 0 atom stereocenters. The Morgan fingerprint density at radius 3 is 1.97 bits per heavy atom. The molecule has 0 amide bonds. The predicted octanol–water partition coefficient (Wildman–Crippen LogP) is 6.35. The first-order valence-electron chi connectivity index (χ1n) is 12.6. The molecule has 0 bridgehead atoms. The highest BCUT2D eigenvalue weighted by atomic mass is 32.2. The molecule has 3 rings (SSSR count). The third-order valence-corrected chi connectivity index (χ3v) is 6.56. The third kappa shape index (κ3) is 8.97. The second-order valence-electron chi connectivity index (χ2n) is 8.43. The van der Waals surface area contributed by atoms with Gasteiger partial charge in [0.25, 0.3) is 0 Å². The van der Waals surface area contributed by atoms with Crippen molar-refractivity contribution in [1.82, 2.24) is 0 Å². The molecule has 3 aromatic rings. The highest BCUT2D eigenvalue weighted by Crippen LogP contribution is 2.28. The fourth-order valence-electron chi connectivity index (χ4n) is 3.50. The molecule has 0 aliphatic rings. The minimum absolute atomic E-state index is 0.0406. The largest absolute Gasteiger partial charge is 0.460 e. The van der Waals surface area contributed by atoms with Gasteiger partial charge in [0.15, 0.2) is 0 Å². The van der Waals surface area contributed by atoms with Crippen molar-refractivity contribution in [3.63, 3.8) is 0 Å². The van der Waals surface area contributed by atoms with E-state index in [1.165, 1.54) is 11.8 Å². The lowest BCUT2D eigenvalue weighted by molar-refractivity contribution is 0.0433. The number of benzene rings is 3. The number of esters is 1. The molecule has 0 radical (unpaired) electrons. The minimum Gasteiger partial charge on any atom is -0.460 e. The summed E-state index contributed by atoms with van der Waals surface area (Å²) in [5.41, 5.74) is 1.45. The van der Waals surface area contributed by atoms with Crippen molar-refractivity contribution in [1.29, 1.82) is 0 Å². The lowest BCUT2D eigenvalue weighted by Gasteiger charge is -2.08. The van der Waals surface area contributed by atoms with E-state index in [9.17, 15) is 14.4 Å². The van der Waals surface area contributed by atoms with Crippen molar-refractivity contribution < 1.29 is 29.1 Å². The number of Topliss-reactive ketones (excluding diaryl/α,β-unsaturated/α-hetero) is 1. The topological polar surface area (TPSA) is 102 Å². The van der Waals surface area contributed by atoms with Crippen LogP contribution in [0.3, 0.4) is 0 Å². The lowest BCUT2D eigenvalue weighted by Crippen LogP contribution is -2.16. The van der Waals surface area contributed by atoms with E-state index in [4.69, 9.17) is 14.7 Å². The lowest BCUT2D eigenvalue weighted by atomic mass is 10.0. The van der Waals surface area contributed by atoms with Crippen LogP contribution in [0.5, 0.6) is 0 Å². The summed E-state index contributed by atoms with van der Waals surface area (Å²) in [5, 5.41) is 12.7. The zero-order chi connectivity index (χ0) is 27.2. The number of hydrogen-bond acceptors (Lipinski definition) is 8. The van der Waals surface area contributed by atoms with Gasteiger partial charge in [0.05, 0.1) is 17.7 Å². The Bertz CT molecular complexity index is 1220. The van der Waals surface area contributed by atoms with Crippen LogP contribution in [0.1, 0.15) is 70.1 Å². The Morgan fingerprint density at radius 2 is 1.37 bits per heavy atom. The van der Waals surface area contributed by atoms with Gasteiger partial charge in [0, 0.05) is 15.4 Å². The van der Waals surface area contributed by atoms with E-state index in [2.05, 4.69) is 12.1 Å². The first-order chi connectivity index (χ1) is 18.5. The van der Waals surface area contributed by atoms with E-state index in [1.54, 1.807) is 66.7 Å². The van der Waals surface area contributed by atoms with Gasteiger partial charge >= 0.3 is 11.9 Å². The van der Waals surface area contributed by atoms with Crippen LogP contribution in [0.25, 0.3) is 0 Å². The Kier molecular flexibility index (Phi) is 11.7. The SMILES string of the molecule is CCCCCC/C(=N\OC(=O)c1ccccc1)C(=O)c1ccc(Sc2ccc(C(=O)OCCO)cc2)cc1. The predicted molar refractivity (Wildman–Crippen MR) is 147 cm³/mol. The van der Waals surface area contributed by atoms with Crippen molar-refractivity contribution in [2.75, 3.05) is 13.2 Å². The molecule has 7 nitrogen and oxygen atoms in total. The molecule has 0 heterocycles. The van der Waals surface area contributed by atoms with Crippen LogP contribution in [0.2, 0.25) is 0 Å². The molecular formula is C30H31NO6S. The number of aliphatic hydroxyl groups is 1. The van der Waals surface area contributed by atoms with Crippen LogP contribution >= 0.6 is 11.8 Å². The Morgan fingerprint density at radius 1 is 0.763 bits per heavy atom. The van der Waals surface area contributed by atoms with Crippen LogP contribution in [0.15, 0.2) is 93.8 Å². The van der Waals surface area contributed by atoms with Gasteiger partial charge in [-0.3, -0.25) is 4.79 Å². The number of aliphatic hydroxyl groups excluding tert-OH is 1. The van der Waals surface area contributed by atoms with Crippen LogP contribution in [-0.2, 0) is 9.57 Å². The molecule has 0 unspecified atom stereocenters. The van der Waals surface area contributed by atoms with Crippen LogP contribution in [0.4, 0.5) is 0 Å². The molecule has 0 saturated heterocycles. The summed E-state index contributed by atoms with van der Waals surface area (Å²) in [6, 6.07) is 22.6. The number of carbonyl (C=O) groups excluding carboxylic acids is 3. The monoisotopic (exact) mass is 533 g/mol. The maximum absolute atomic E-state index is 13.2. The zero-order valence-corrected chi connectivity index (χ0v) is 22.1. The summed E-state index contributed by atoms with van der Waals surface area (Å²) < 4.78 is 4.91. The Balaban J connectivity index is 1.66. The van der Waals surface area contributed by atoms with Gasteiger partial charge in [-0.2, -0.15) is 0 Å². The van der Waals surface area contributed by atoms with E-state index in [0.29, 0.717) is 23.1 Å². The van der Waals surface area contributed by atoms with Crippen molar-refractivity contribution in [3.8, 4) is 0 Å². The molecule has 8 heteroatoms. The van der Waals surface area contributed by atoms with E-state index >= 15 is 0 Å². The molecule has 38 heavy (non-hydrogen) atoms. The van der Waals surface area contributed by atoms with Gasteiger partial charge < -0.3 is 14.7 Å². The molecule has 0 fully saturated rings. The van der Waals surface area contributed by atoms with Crippen molar-refractivity contribution in [3.05, 3.63) is 95.6 Å². The van der Waals surface area contributed by atoms with Gasteiger partial charge in [0.1, 0.15) is 12.3 Å². The van der Waals surface area contributed by atoms with Crippen molar-refractivity contribution in [2.24, 2.45) is 5.16 Å². The quantitative estimate of drug-likeness (QED) is 0.0643. The van der Waals surface area contributed by atoms with Crippen molar-refractivity contribution >= 4 is 35.2 Å². The van der Waals surface area contributed by atoms with Gasteiger partial charge in [-0.25, -0.2) is 9.59 Å². The fraction of sp³-hybridized carbons (Fsp3) is 0.267. The maximum atomic E-state index is 13.2. The summed E-state index contributed by atoms with van der Waals surface area (Å²) in [6.45, 7) is 1.85. The molecular weight excluding hydrogens is 502 g/mol. The zero-order valence-electron chi connectivity index (χ0n) is 21.3. The molecule has 1 N–H and O–H groups in total. The number of unbranched alkanes of at least 4 members (excludes halogenated alkanes) is 3. The second-order valence-corrected chi connectivity index (χ2v) is 9.58. The second kappa shape index (κ2) is 15.5. The van der Waals surface area contributed by atoms with Crippen molar-refractivity contribution in [2.45, 2.75) is 48.8 Å². The van der Waals surface area contributed by atoms with E-state index in [0.717, 1.165) is 35.5 Å². The molecule has 0 aliphatic heterocycles. The van der Waals surface area contributed by atoms with Gasteiger partial charge in [-0.1, -0.05) is 61.3 Å². The van der Waals surface area contributed by atoms with Gasteiger partial charge in [-0.15, -0.1) is 0 Å². The standard InChI is InChI=1S/C30H31NO6S/c1-2-3-4-8-11-27(31-37-30(35)23-9-6-5-7-10-23)28(33)22-12-16-25(17-13-22)38-26-18-14-24(15-19-26)29(34)36-21-20-32/h5-7,9-10,12-19,32H,2-4,8,11,20-21H2,1H3/b31-27+. The molecule has 3 aromatic carbocycles. The average molecular weight is 534 g/mol. The number of hydrogen-bond donors (Lipinski definition) is 1. The summed E-state index contributed by atoms with van der Waals surface area (Å²) in [7, 11) is 0. The Labute approximate surface area is 226 Å². The molecule has 0 saturated carbocycles.